The van der Waals surface area contributed by atoms with Crippen LogP contribution in [0.4, 0.5) is 11.4 Å². The van der Waals surface area contributed by atoms with Crippen LogP contribution < -0.4 is 10.0 Å². The van der Waals surface area contributed by atoms with Gasteiger partial charge in [0.15, 0.2) is 0 Å². The second-order valence-electron chi connectivity index (χ2n) is 6.83. The zero-order valence-electron chi connectivity index (χ0n) is 15.5. The van der Waals surface area contributed by atoms with Gasteiger partial charge < -0.3 is 10.0 Å². The Morgan fingerprint density at radius 1 is 1.11 bits per heavy atom. The average molecular weight is 358 g/mol. The number of ketones is 1. The molecule has 4 heteroatoms. The molecule has 0 spiro atoms. The second-order valence-corrected chi connectivity index (χ2v) is 6.83. The van der Waals surface area contributed by atoms with Crippen molar-refractivity contribution in [3.8, 4) is 0 Å². The fourth-order valence-electron chi connectivity index (χ4n) is 3.76. The van der Waals surface area contributed by atoms with Crippen LogP contribution in [0.1, 0.15) is 12.5 Å². The number of Topliss-reactive ketones (excluding diaryl/α,β-unsaturated/α-hetero) is 1. The molecule has 1 aliphatic carbocycles. The highest BCUT2D eigenvalue weighted by molar-refractivity contribution is 6.48. The van der Waals surface area contributed by atoms with Crippen molar-refractivity contribution in [3.05, 3.63) is 78.5 Å². The van der Waals surface area contributed by atoms with Crippen LogP contribution in [-0.2, 0) is 4.79 Å². The molecule has 0 N–H and O–H groups in total. The summed E-state index contributed by atoms with van der Waals surface area (Å²) in [5.74, 6) is -0.704. The number of allylic oxidation sites excluding steroid dienone is 2. The predicted octanol–water partition coefficient (Wildman–Crippen LogP) is 2.77. The van der Waals surface area contributed by atoms with Crippen LogP contribution >= 0.6 is 0 Å². The van der Waals surface area contributed by atoms with Crippen LogP contribution in [0.5, 0.6) is 0 Å². The van der Waals surface area contributed by atoms with Crippen molar-refractivity contribution in [3.63, 3.8) is 0 Å². The number of benzene rings is 2. The summed E-state index contributed by atoms with van der Waals surface area (Å²) in [7, 11) is 1.78. The molecule has 4 rings (SSSR count). The first-order valence-electron chi connectivity index (χ1n) is 9.23. The van der Waals surface area contributed by atoms with Gasteiger partial charge in [-0.15, -0.1) is 0 Å². The minimum Gasteiger partial charge on any atom is -0.843 e. The maximum Gasteiger partial charge on any atom is 0.227 e. The molecule has 1 aliphatic heterocycles. The third-order valence-electron chi connectivity index (χ3n) is 5.31. The average Bonchev–Trinajstić information content (AvgIpc) is 2.72. The van der Waals surface area contributed by atoms with Crippen molar-refractivity contribution in [1.29, 1.82) is 0 Å². The molecule has 1 fully saturated rings. The van der Waals surface area contributed by atoms with Crippen molar-refractivity contribution in [2.45, 2.75) is 13.0 Å². The van der Waals surface area contributed by atoms with Crippen LogP contribution in [0.15, 0.2) is 72.9 Å². The standard InChI is InChI=1S/C23H22N2O2/c1-3-25-14-13-16(18-11-7-8-12-20(18)25)15-19-22(26)21(23(19)27)24(2)17-9-5-4-6-10-17/h4-15,19,22H,3H2,1-2H3. The van der Waals surface area contributed by atoms with Gasteiger partial charge in [-0.3, -0.25) is 4.79 Å². The summed E-state index contributed by atoms with van der Waals surface area (Å²) in [6.45, 7) is 2.97. The number of anilines is 1. The minimum absolute atomic E-state index is 0.0855. The van der Waals surface area contributed by atoms with Gasteiger partial charge in [0.1, 0.15) is 7.05 Å². The molecule has 1 heterocycles. The van der Waals surface area contributed by atoms with Gasteiger partial charge in [0.25, 0.3) is 0 Å². The molecular formula is C23H22N2O2. The lowest BCUT2D eigenvalue weighted by Crippen LogP contribution is -2.62. The fourth-order valence-corrected chi connectivity index (χ4v) is 3.76. The Morgan fingerprint density at radius 3 is 2.52 bits per heavy atom. The van der Waals surface area contributed by atoms with E-state index in [9.17, 15) is 9.90 Å². The van der Waals surface area contributed by atoms with Gasteiger partial charge in [-0.25, -0.2) is 0 Å². The van der Waals surface area contributed by atoms with Crippen LogP contribution in [0.2, 0.25) is 0 Å². The lowest BCUT2D eigenvalue weighted by Gasteiger charge is -2.38. The number of hydrogen-bond acceptors (Lipinski definition) is 3. The van der Waals surface area contributed by atoms with E-state index in [1.165, 1.54) is 0 Å². The number of carbonyl (C=O) groups excluding carboxylic acids is 1. The molecule has 1 saturated carbocycles. The van der Waals surface area contributed by atoms with Crippen molar-refractivity contribution >= 4 is 28.4 Å². The number of para-hydroxylation sites is 2. The van der Waals surface area contributed by atoms with E-state index in [0.29, 0.717) is 5.71 Å². The molecule has 0 bridgehead atoms. The number of carbonyl (C=O) groups is 1. The lowest BCUT2D eigenvalue weighted by molar-refractivity contribution is -0.454. The summed E-state index contributed by atoms with van der Waals surface area (Å²) in [5.41, 5.74) is 4.30. The molecule has 0 saturated heterocycles. The van der Waals surface area contributed by atoms with Crippen LogP contribution in [-0.4, -0.2) is 35.8 Å². The summed E-state index contributed by atoms with van der Waals surface area (Å²) < 4.78 is 1.72. The van der Waals surface area contributed by atoms with Crippen LogP contribution in [0.25, 0.3) is 5.57 Å². The van der Waals surface area contributed by atoms with Crippen molar-refractivity contribution < 1.29 is 14.5 Å². The molecule has 4 nitrogen and oxygen atoms in total. The quantitative estimate of drug-likeness (QED) is 0.793. The van der Waals surface area contributed by atoms with Gasteiger partial charge in [0, 0.05) is 42.0 Å². The maximum absolute atomic E-state index is 12.8. The molecule has 0 aromatic heterocycles. The summed E-state index contributed by atoms with van der Waals surface area (Å²) in [6, 6.07) is 17.6. The van der Waals surface area contributed by atoms with Gasteiger partial charge >= 0.3 is 0 Å². The number of fused-ring (bicyclic) bond motifs is 1. The molecule has 0 amide bonds. The van der Waals surface area contributed by atoms with Crippen molar-refractivity contribution in [2.75, 3.05) is 18.5 Å². The highest BCUT2D eigenvalue weighted by Crippen LogP contribution is 2.35. The van der Waals surface area contributed by atoms with Gasteiger partial charge in [-0.05, 0) is 30.7 Å². The van der Waals surface area contributed by atoms with E-state index in [1.54, 1.807) is 11.6 Å². The topological polar surface area (TPSA) is 46.4 Å². The Kier molecular flexibility index (Phi) is 4.50. The summed E-state index contributed by atoms with van der Waals surface area (Å²) in [6.07, 6.45) is 4.80. The van der Waals surface area contributed by atoms with Crippen LogP contribution in [0.3, 0.4) is 0 Å². The Morgan fingerprint density at radius 2 is 1.81 bits per heavy atom. The number of nitrogens with zero attached hydrogens (tertiary/aromatic N) is 2. The molecule has 136 valence electrons. The van der Waals surface area contributed by atoms with E-state index < -0.39 is 12.0 Å². The summed E-state index contributed by atoms with van der Waals surface area (Å²) >= 11 is 0. The lowest BCUT2D eigenvalue weighted by atomic mass is 9.76. The Labute approximate surface area is 159 Å². The fraction of sp³-hybridized carbons (Fsp3) is 0.217. The highest BCUT2D eigenvalue weighted by Gasteiger charge is 2.45. The molecule has 2 unspecified atom stereocenters. The predicted molar refractivity (Wildman–Crippen MR) is 106 cm³/mol. The van der Waals surface area contributed by atoms with Gasteiger partial charge in [0.05, 0.1) is 0 Å². The molecule has 27 heavy (non-hydrogen) atoms. The Bertz CT molecular complexity index is 973. The first kappa shape index (κ1) is 17.4. The van der Waals surface area contributed by atoms with Crippen molar-refractivity contribution in [1.82, 2.24) is 0 Å². The van der Waals surface area contributed by atoms with E-state index >= 15 is 0 Å². The normalized spacial score (nSPS) is 24.6. The maximum atomic E-state index is 12.8. The van der Waals surface area contributed by atoms with E-state index in [0.717, 1.165) is 29.1 Å². The first-order chi connectivity index (χ1) is 13.1. The van der Waals surface area contributed by atoms with Crippen molar-refractivity contribution in [2.24, 2.45) is 5.92 Å². The molecular weight excluding hydrogens is 336 g/mol. The smallest absolute Gasteiger partial charge is 0.227 e. The summed E-state index contributed by atoms with van der Waals surface area (Å²) in [4.78, 5) is 14.9. The Balaban J connectivity index is 1.66. The number of hydrogen-bond donors (Lipinski definition) is 0. The third kappa shape index (κ3) is 2.92. The van der Waals surface area contributed by atoms with Gasteiger partial charge in [-0.1, -0.05) is 42.5 Å². The van der Waals surface area contributed by atoms with Crippen LogP contribution in [0, 0.1) is 5.92 Å². The molecule has 2 aliphatic rings. The van der Waals surface area contributed by atoms with E-state index in [1.807, 2.05) is 66.9 Å². The van der Waals surface area contributed by atoms with Gasteiger partial charge in [0.2, 0.25) is 17.2 Å². The largest absolute Gasteiger partial charge is 0.843 e. The number of rotatable bonds is 3. The van der Waals surface area contributed by atoms with E-state index in [-0.39, 0.29) is 5.78 Å². The second kappa shape index (κ2) is 6.97. The van der Waals surface area contributed by atoms with E-state index in [4.69, 9.17) is 0 Å². The summed E-state index contributed by atoms with van der Waals surface area (Å²) in [5, 5.41) is 12.8. The molecule has 2 aromatic carbocycles. The zero-order chi connectivity index (χ0) is 19.0. The highest BCUT2D eigenvalue weighted by atomic mass is 16.3. The van der Waals surface area contributed by atoms with E-state index in [2.05, 4.69) is 17.9 Å². The SMILES string of the molecule is CCN1C=CC(=CC2C(=O)C(=[N+](C)c3ccccc3)C2[O-])c2ccccc21. The van der Waals surface area contributed by atoms with Gasteiger partial charge in [-0.2, -0.15) is 4.58 Å². The monoisotopic (exact) mass is 358 g/mol. The molecule has 0 radical (unpaired) electrons. The minimum atomic E-state index is -1.04. The molecule has 2 atom stereocenters. The third-order valence-corrected chi connectivity index (χ3v) is 5.31. The zero-order valence-corrected chi connectivity index (χ0v) is 15.5. The Hall–Kier alpha value is -2.98. The molecule has 2 aromatic rings. The first-order valence-corrected chi connectivity index (χ1v) is 9.23.